The molecule has 0 radical (unpaired) electrons. The lowest BCUT2D eigenvalue weighted by atomic mass is 10.0. The summed E-state index contributed by atoms with van der Waals surface area (Å²) in [5.74, 6) is 0. The molecule has 80 valence electrons. The van der Waals surface area contributed by atoms with Crippen LogP contribution < -0.4 is 0 Å². The maximum Gasteiger partial charge on any atom is 0.150 e. The molecule has 1 nitrogen and oxygen atoms in total. The van der Waals surface area contributed by atoms with Crippen molar-refractivity contribution in [2.24, 2.45) is 0 Å². The van der Waals surface area contributed by atoms with Crippen molar-refractivity contribution in [3.05, 3.63) is 70.2 Å². The Morgan fingerprint density at radius 1 is 0.938 bits per heavy atom. The van der Waals surface area contributed by atoms with Crippen LogP contribution in [0.2, 0.25) is 5.02 Å². The van der Waals surface area contributed by atoms with E-state index in [1.54, 1.807) is 0 Å². The highest BCUT2D eigenvalue weighted by Crippen LogP contribution is 2.20. The quantitative estimate of drug-likeness (QED) is 0.734. The zero-order chi connectivity index (χ0) is 11.4. The molecule has 0 N–H and O–H groups in total. The van der Waals surface area contributed by atoms with Crippen LogP contribution in [-0.4, -0.2) is 6.29 Å². The summed E-state index contributed by atoms with van der Waals surface area (Å²) >= 11 is 6.08. The first-order valence-electron chi connectivity index (χ1n) is 5.08. The lowest BCUT2D eigenvalue weighted by molar-refractivity contribution is 0.112. The van der Waals surface area contributed by atoms with Gasteiger partial charge in [0.1, 0.15) is 6.29 Å². The van der Waals surface area contributed by atoms with Gasteiger partial charge in [0.15, 0.2) is 0 Å². The fourth-order valence-corrected chi connectivity index (χ4v) is 1.86. The van der Waals surface area contributed by atoms with E-state index in [4.69, 9.17) is 11.6 Å². The maximum atomic E-state index is 10.9. The zero-order valence-corrected chi connectivity index (χ0v) is 9.45. The van der Waals surface area contributed by atoms with Crippen molar-refractivity contribution >= 4 is 17.9 Å². The number of carbonyl (C=O) groups excluding carboxylic acids is 1. The Morgan fingerprint density at radius 3 is 2.25 bits per heavy atom. The van der Waals surface area contributed by atoms with E-state index in [0.29, 0.717) is 6.42 Å². The highest BCUT2D eigenvalue weighted by molar-refractivity contribution is 6.31. The van der Waals surface area contributed by atoms with Gasteiger partial charge in [0.2, 0.25) is 0 Å². The van der Waals surface area contributed by atoms with Crippen molar-refractivity contribution in [3.8, 4) is 0 Å². The summed E-state index contributed by atoms with van der Waals surface area (Å²) < 4.78 is 0. The molecule has 0 saturated carbocycles. The van der Waals surface area contributed by atoms with E-state index in [-0.39, 0.29) is 0 Å². The van der Waals surface area contributed by atoms with Crippen LogP contribution in [0.25, 0.3) is 0 Å². The van der Waals surface area contributed by atoms with Crippen molar-refractivity contribution < 1.29 is 4.79 Å². The fraction of sp³-hybridized carbons (Fsp3) is 0.0714. The lowest BCUT2D eigenvalue weighted by Gasteiger charge is -2.06. The van der Waals surface area contributed by atoms with Gasteiger partial charge in [-0.15, -0.1) is 0 Å². The SMILES string of the molecule is O=Cc1ccccc1Cc1ccccc1Cl. The lowest BCUT2D eigenvalue weighted by Crippen LogP contribution is -1.94. The molecule has 0 heterocycles. The number of hydrogen-bond donors (Lipinski definition) is 0. The number of aldehydes is 1. The van der Waals surface area contributed by atoms with Crippen LogP contribution in [-0.2, 0) is 6.42 Å². The highest BCUT2D eigenvalue weighted by atomic mass is 35.5. The van der Waals surface area contributed by atoms with E-state index in [1.165, 1.54) is 0 Å². The van der Waals surface area contributed by atoms with E-state index >= 15 is 0 Å². The Balaban J connectivity index is 2.34. The largest absolute Gasteiger partial charge is 0.298 e. The van der Waals surface area contributed by atoms with Gasteiger partial charge in [-0.1, -0.05) is 54.1 Å². The molecule has 0 aromatic heterocycles. The van der Waals surface area contributed by atoms with E-state index < -0.39 is 0 Å². The summed E-state index contributed by atoms with van der Waals surface area (Å²) in [5, 5.41) is 0.739. The molecule has 2 aromatic rings. The Hall–Kier alpha value is -1.60. The molecular formula is C14H11ClO. The van der Waals surface area contributed by atoms with E-state index in [2.05, 4.69) is 0 Å². The number of rotatable bonds is 3. The van der Waals surface area contributed by atoms with Gasteiger partial charge in [0.05, 0.1) is 0 Å². The smallest absolute Gasteiger partial charge is 0.150 e. The molecule has 0 spiro atoms. The second kappa shape index (κ2) is 4.95. The third-order valence-electron chi connectivity index (χ3n) is 2.52. The van der Waals surface area contributed by atoms with Crippen molar-refractivity contribution in [1.29, 1.82) is 0 Å². The normalized spacial score (nSPS) is 10.1. The molecule has 16 heavy (non-hydrogen) atoms. The molecule has 0 saturated heterocycles. The Bertz CT molecular complexity index is 506. The van der Waals surface area contributed by atoms with Gasteiger partial charge in [-0.25, -0.2) is 0 Å². The second-order valence-corrected chi connectivity index (χ2v) is 3.99. The summed E-state index contributed by atoms with van der Waals surface area (Å²) in [5.41, 5.74) is 2.77. The summed E-state index contributed by atoms with van der Waals surface area (Å²) in [4.78, 5) is 10.9. The molecule has 2 heteroatoms. The van der Waals surface area contributed by atoms with E-state index in [9.17, 15) is 4.79 Å². The summed E-state index contributed by atoms with van der Waals surface area (Å²) in [6.07, 6.45) is 1.57. The second-order valence-electron chi connectivity index (χ2n) is 3.58. The minimum absolute atomic E-state index is 0.689. The molecule has 0 aliphatic carbocycles. The van der Waals surface area contributed by atoms with Crippen molar-refractivity contribution in [2.75, 3.05) is 0 Å². The predicted octanol–water partition coefficient (Wildman–Crippen LogP) is 3.74. The highest BCUT2D eigenvalue weighted by Gasteiger charge is 2.04. The van der Waals surface area contributed by atoms with Gasteiger partial charge >= 0.3 is 0 Å². The molecule has 0 atom stereocenters. The monoisotopic (exact) mass is 230 g/mol. The van der Waals surface area contributed by atoms with Crippen LogP contribution in [0.4, 0.5) is 0 Å². The molecule has 2 rings (SSSR count). The number of benzene rings is 2. The Kier molecular flexibility index (Phi) is 3.37. The van der Waals surface area contributed by atoms with Crippen LogP contribution >= 0.6 is 11.6 Å². The van der Waals surface area contributed by atoms with E-state index in [1.807, 2.05) is 48.5 Å². The fourth-order valence-electron chi connectivity index (χ4n) is 1.66. The van der Waals surface area contributed by atoms with E-state index in [0.717, 1.165) is 28.0 Å². The van der Waals surface area contributed by atoms with Crippen LogP contribution in [0.5, 0.6) is 0 Å². The maximum absolute atomic E-state index is 10.9. The number of halogens is 1. The van der Waals surface area contributed by atoms with Gasteiger partial charge in [-0.05, 0) is 23.6 Å². The van der Waals surface area contributed by atoms with Crippen molar-refractivity contribution in [1.82, 2.24) is 0 Å². The van der Waals surface area contributed by atoms with Gasteiger partial charge in [-0.2, -0.15) is 0 Å². The average Bonchev–Trinajstić information content (AvgIpc) is 2.33. The average molecular weight is 231 g/mol. The molecule has 0 fully saturated rings. The van der Waals surface area contributed by atoms with Gasteiger partial charge in [0, 0.05) is 10.6 Å². The molecule has 2 aromatic carbocycles. The molecule has 0 aliphatic rings. The zero-order valence-electron chi connectivity index (χ0n) is 8.69. The van der Waals surface area contributed by atoms with Crippen LogP contribution in [0.1, 0.15) is 21.5 Å². The molecule has 0 bridgehead atoms. The third-order valence-corrected chi connectivity index (χ3v) is 2.89. The Labute approximate surface area is 99.7 Å². The van der Waals surface area contributed by atoms with Crippen LogP contribution in [0.15, 0.2) is 48.5 Å². The first-order valence-corrected chi connectivity index (χ1v) is 5.45. The number of carbonyl (C=O) groups is 1. The molecule has 0 aliphatic heterocycles. The van der Waals surface area contributed by atoms with Gasteiger partial charge in [0.25, 0.3) is 0 Å². The minimum Gasteiger partial charge on any atom is -0.298 e. The molecule has 0 amide bonds. The van der Waals surface area contributed by atoms with Gasteiger partial charge < -0.3 is 0 Å². The van der Waals surface area contributed by atoms with Crippen molar-refractivity contribution in [3.63, 3.8) is 0 Å². The predicted molar refractivity (Wildman–Crippen MR) is 66.1 cm³/mol. The molecule has 0 unspecified atom stereocenters. The third kappa shape index (κ3) is 2.31. The standard InChI is InChI=1S/C14H11ClO/c15-14-8-4-3-6-12(14)9-11-5-1-2-7-13(11)10-16/h1-8,10H,9H2. The van der Waals surface area contributed by atoms with Crippen LogP contribution in [0, 0.1) is 0 Å². The summed E-state index contributed by atoms with van der Waals surface area (Å²) in [7, 11) is 0. The first-order chi connectivity index (χ1) is 7.81. The number of hydrogen-bond acceptors (Lipinski definition) is 1. The molecular weight excluding hydrogens is 220 g/mol. The summed E-state index contributed by atoms with van der Waals surface area (Å²) in [6, 6.07) is 15.2. The first kappa shape index (κ1) is 10.9. The van der Waals surface area contributed by atoms with Crippen molar-refractivity contribution in [2.45, 2.75) is 6.42 Å². The Morgan fingerprint density at radius 2 is 1.56 bits per heavy atom. The minimum atomic E-state index is 0.689. The van der Waals surface area contributed by atoms with Gasteiger partial charge in [-0.3, -0.25) is 4.79 Å². The topological polar surface area (TPSA) is 17.1 Å². The van der Waals surface area contributed by atoms with Crippen LogP contribution in [0.3, 0.4) is 0 Å². The summed E-state index contributed by atoms with van der Waals surface area (Å²) in [6.45, 7) is 0.